The monoisotopic (exact) mass is 249 g/mol. The van der Waals surface area contributed by atoms with E-state index in [0.717, 1.165) is 11.3 Å². The van der Waals surface area contributed by atoms with Crippen LogP contribution in [0.25, 0.3) is 11.4 Å². The molecule has 2 rings (SSSR count). The second-order valence-electron chi connectivity index (χ2n) is 3.70. The van der Waals surface area contributed by atoms with Crippen LogP contribution in [0.2, 0.25) is 0 Å². The highest BCUT2D eigenvalue weighted by atomic mass is 32.2. The molecule has 4 nitrogen and oxygen atoms in total. The van der Waals surface area contributed by atoms with Crippen LogP contribution in [0.4, 0.5) is 0 Å². The van der Waals surface area contributed by atoms with Gasteiger partial charge in [0.25, 0.3) is 0 Å². The Morgan fingerprint density at radius 2 is 2.06 bits per heavy atom. The first kappa shape index (κ1) is 12.1. The van der Waals surface area contributed by atoms with Crippen LogP contribution >= 0.6 is 11.8 Å². The summed E-state index contributed by atoms with van der Waals surface area (Å²) < 4.78 is 5.07. The number of rotatable bonds is 4. The fourth-order valence-electron chi connectivity index (χ4n) is 1.40. The summed E-state index contributed by atoms with van der Waals surface area (Å²) >= 11 is 1.81. The normalized spacial score (nSPS) is 12.6. The van der Waals surface area contributed by atoms with Gasteiger partial charge in [0, 0.05) is 10.5 Å². The molecule has 0 unspecified atom stereocenters. The third-order valence-corrected chi connectivity index (χ3v) is 3.15. The highest BCUT2D eigenvalue weighted by Gasteiger charge is 2.11. The molecule has 0 aliphatic rings. The van der Waals surface area contributed by atoms with Gasteiger partial charge in [0.1, 0.15) is 0 Å². The number of nitrogens with two attached hydrogens (primary N) is 1. The largest absolute Gasteiger partial charge is 0.337 e. The first-order valence-corrected chi connectivity index (χ1v) is 6.51. The molecule has 1 aromatic heterocycles. The molecule has 1 aromatic carbocycles. The Balaban J connectivity index is 2.21. The van der Waals surface area contributed by atoms with Crippen molar-refractivity contribution in [2.75, 3.05) is 5.75 Å². The minimum absolute atomic E-state index is 0.230. The summed E-state index contributed by atoms with van der Waals surface area (Å²) in [7, 11) is 0. The first-order chi connectivity index (χ1) is 8.20. The fourth-order valence-corrected chi connectivity index (χ4v) is 2.07. The standard InChI is InChI=1S/C12H15N3OS/c1-3-17-10-6-4-9(5-7-10)11-14-12(8(2)13)16-15-11/h4-8H,3,13H2,1-2H3/t8-/m0/s1. The molecule has 0 amide bonds. The smallest absolute Gasteiger partial charge is 0.243 e. The van der Waals surface area contributed by atoms with Gasteiger partial charge in [0.2, 0.25) is 11.7 Å². The molecule has 1 atom stereocenters. The molecule has 0 saturated heterocycles. The predicted molar refractivity (Wildman–Crippen MR) is 68.7 cm³/mol. The minimum atomic E-state index is -0.230. The highest BCUT2D eigenvalue weighted by molar-refractivity contribution is 7.99. The van der Waals surface area contributed by atoms with Gasteiger partial charge in [0.15, 0.2) is 0 Å². The van der Waals surface area contributed by atoms with Crippen LogP contribution < -0.4 is 5.73 Å². The zero-order valence-electron chi connectivity index (χ0n) is 9.88. The minimum Gasteiger partial charge on any atom is -0.337 e. The van der Waals surface area contributed by atoms with E-state index < -0.39 is 0 Å². The van der Waals surface area contributed by atoms with Gasteiger partial charge in [-0.2, -0.15) is 4.98 Å². The Morgan fingerprint density at radius 1 is 1.35 bits per heavy atom. The number of hydrogen-bond donors (Lipinski definition) is 1. The molecule has 0 aliphatic heterocycles. The SMILES string of the molecule is CCSc1ccc(-c2noc([C@H](C)N)n2)cc1. The Bertz CT molecular complexity index is 479. The summed E-state index contributed by atoms with van der Waals surface area (Å²) in [4.78, 5) is 5.49. The zero-order chi connectivity index (χ0) is 12.3. The lowest BCUT2D eigenvalue weighted by Gasteiger charge is -1.99. The van der Waals surface area contributed by atoms with Crippen LogP contribution in [0.3, 0.4) is 0 Å². The van der Waals surface area contributed by atoms with Gasteiger partial charge >= 0.3 is 0 Å². The van der Waals surface area contributed by atoms with Crippen molar-refractivity contribution in [1.29, 1.82) is 0 Å². The number of benzene rings is 1. The van der Waals surface area contributed by atoms with E-state index >= 15 is 0 Å². The molecule has 1 heterocycles. The third kappa shape index (κ3) is 2.87. The summed E-state index contributed by atoms with van der Waals surface area (Å²) in [5.74, 6) is 2.12. The van der Waals surface area contributed by atoms with Crippen molar-refractivity contribution in [3.05, 3.63) is 30.2 Å². The summed E-state index contributed by atoms with van der Waals surface area (Å²) in [6.45, 7) is 3.95. The van der Waals surface area contributed by atoms with Gasteiger partial charge in [-0.25, -0.2) is 0 Å². The van der Waals surface area contributed by atoms with Gasteiger partial charge in [0.05, 0.1) is 6.04 Å². The summed E-state index contributed by atoms with van der Waals surface area (Å²) in [5.41, 5.74) is 6.61. The predicted octanol–water partition coefficient (Wildman–Crippen LogP) is 2.87. The summed E-state index contributed by atoms with van der Waals surface area (Å²) in [6, 6.07) is 7.88. The average Bonchev–Trinajstić information content (AvgIpc) is 2.80. The molecule has 5 heteroatoms. The molecule has 2 N–H and O–H groups in total. The van der Waals surface area contributed by atoms with Crippen LogP contribution in [0.5, 0.6) is 0 Å². The van der Waals surface area contributed by atoms with E-state index in [9.17, 15) is 0 Å². The molecule has 2 aromatic rings. The molecular weight excluding hydrogens is 234 g/mol. The molecule has 0 radical (unpaired) electrons. The van der Waals surface area contributed by atoms with Crippen molar-refractivity contribution in [2.24, 2.45) is 5.73 Å². The Labute approximate surface area is 105 Å². The lowest BCUT2D eigenvalue weighted by molar-refractivity contribution is 0.362. The van der Waals surface area contributed by atoms with E-state index in [0.29, 0.717) is 11.7 Å². The lowest BCUT2D eigenvalue weighted by atomic mass is 10.2. The maximum Gasteiger partial charge on any atom is 0.243 e. The van der Waals surface area contributed by atoms with Crippen LogP contribution in [-0.4, -0.2) is 15.9 Å². The number of aromatic nitrogens is 2. The van der Waals surface area contributed by atoms with Crippen molar-refractivity contribution >= 4 is 11.8 Å². The zero-order valence-corrected chi connectivity index (χ0v) is 10.7. The van der Waals surface area contributed by atoms with Crippen LogP contribution in [-0.2, 0) is 0 Å². The van der Waals surface area contributed by atoms with Gasteiger partial charge in [-0.15, -0.1) is 11.8 Å². The first-order valence-electron chi connectivity index (χ1n) is 5.53. The summed E-state index contributed by atoms with van der Waals surface area (Å²) in [5, 5.41) is 3.91. The molecule has 0 aliphatic carbocycles. The van der Waals surface area contributed by atoms with Crippen LogP contribution in [0, 0.1) is 0 Å². The van der Waals surface area contributed by atoms with Gasteiger partial charge in [-0.05, 0) is 36.9 Å². The molecule has 0 spiro atoms. The fraction of sp³-hybridized carbons (Fsp3) is 0.333. The van der Waals surface area contributed by atoms with Crippen LogP contribution in [0.1, 0.15) is 25.8 Å². The Kier molecular flexibility index (Phi) is 3.81. The lowest BCUT2D eigenvalue weighted by Crippen LogP contribution is -2.04. The van der Waals surface area contributed by atoms with E-state index in [-0.39, 0.29) is 6.04 Å². The van der Waals surface area contributed by atoms with E-state index in [1.54, 1.807) is 11.8 Å². The van der Waals surface area contributed by atoms with Crippen molar-refractivity contribution in [2.45, 2.75) is 24.8 Å². The van der Waals surface area contributed by atoms with Crippen molar-refractivity contribution < 1.29 is 4.52 Å². The topological polar surface area (TPSA) is 64.9 Å². The Morgan fingerprint density at radius 3 is 2.59 bits per heavy atom. The third-order valence-electron chi connectivity index (χ3n) is 2.25. The Hall–Kier alpha value is -1.33. The second kappa shape index (κ2) is 5.33. The quantitative estimate of drug-likeness (QED) is 0.844. The maximum absolute atomic E-state index is 5.67. The van der Waals surface area contributed by atoms with E-state index in [1.165, 1.54) is 4.90 Å². The average molecular weight is 249 g/mol. The van der Waals surface area contributed by atoms with E-state index in [2.05, 4.69) is 29.2 Å². The number of hydrogen-bond acceptors (Lipinski definition) is 5. The summed E-state index contributed by atoms with van der Waals surface area (Å²) in [6.07, 6.45) is 0. The van der Waals surface area contributed by atoms with E-state index in [4.69, 9.17) is 10.3 Å². The maximum atomic E-state index is 5.67. The molecule has 17 heavy (non-hydrogen) atoms. The van der Waals surface area contributed by atoms with Crippen molar-refractivity contribution in [3.8, 4) is 11.4 Å². The second-order valence-corrected chi connectivity index (χ2v) is 5.04. The molecule has 90 valence electrons. The van der Waals surface area contributed by atoms with Gasteiger partial charge in [-0.3, -0.25) is 0 Å². The number of nitrogens with zero attached hydrogens (tertiary/aromatic N) is 2. The molecule has 0 bridgehead atoms. The van der Waals surface area contributed by atoms with Crippen molar-refractivity contribution in [1.82, 2.24) is 10.1 Å². The van der Waals surface area contributed by atoms with E-state index in [1.807, 2.05) is 19.1 Å². The van der Waals surface area contributed by atoms with Crippen molar-refractivity contribution in [3.63, 3.8) is 0 Å². The molecule has 0 saturated carbocycles. The molecular formula is C12H15N3OS. The van der Waals surface area contributed by atoms with Gasteiger partial charge in [-0.1, -0.05) is 12.1 Å². The highest BCUT2D eigenvalue weighted by Crippen LogP contribution is 2.22. The number of thioether (sulfide) groups is 1. The van der Waals surface area contributed by atoms with Gasteiger partial charge < -0.3 is 10.3 Å². The van der Waals surface area contributed by atoms with Crippen LogP contribution in [0.15, 0.2) is 33.7 Å². The molecule has 0 fully saturated rings.